The van der Waals surface area contributed by atoms with Crippen LogP contribution in [0, 0.1) is 18.3 Å². The Bertz CT molecular complexity index is 1200. The van der Waals surface area contributed by atoms with Crippen molar-refractivity contribution in [2.45, 2.75) is 33.3 Å². The zero-order valence-corrected chi connectivity index (χ0v) is 19.0. The van der Waals surface area contributed by atoms with Gasteiger partial charge in [-0.25, -0.2) is 9.78 Å². The molecule has 4 N–H and O–H groups in total. The van der Waals surface area contributed by atoms with Gasteiger partial charge in [0.05, 0.1) is 11.3 Å². The molecule has 1 aromatic heterocycles. The molecular formula is C25H26N6O2. The van der Waals surface area contributed by atoms with E-state index in [0.717, 1.165) is 16.7 Å². The normalized spacial score (nSPS) is 11.4. The number of ether oxygens (including phenoxy) is 1. The van der Waals surface area contributed by atoms with E-state index in [1.54, 1.807) is 30.5 Å². The summed E-state index contributed by atoms with van der Waals surface area (Å²) in [6, 6.07) is 18.5. The number of guanidine groups is 1. The third-order valence-corrected chi connectivity index (χ3v) is 4.40. The number of nitriles is 1. The Hall–Kier alpha value is -4.38. The van der Waals surface area contributed by atoms with Gasteiger partial charge in [-0.15, -0.1) is 0 Å². The molecule has 168 valence electrons. The largest absolute Gasteiger partial charge is 0.444 e. The SMILES string of the molecule is Cc1ccc(C#N)c(NC(N)=Nc2ccc(-c3ccc(NC(=O)OC(C)(C)C)cc3)cn2)c1. The molecule has 2 aromatic carbocycles. The highest BCUT2D eigenvalue weighted by atomic mass is 16.6. The van der Waals surface area contributed by atoms with E-state index in [0.29, 0.717) is 22.8 Å². The summed E-state index contributed by atoms with van der Waals surface area (Å²) in [4.78, 5) is 20.5. The molecule has 33 heavy (non-hydrogen) atoms. The van der Waals surface area contributed by atoms with E-state index in [4.69, 9.17) is 10.5 Å². The predicted molar refractivity (Wildman–Crippen MR) is 130 cm³/mol. The molecule has 0 saturated heterocycles. The van der Waals surface area contributed by atoms with Gasteiger partial charge in [0, 0.05) is 17.4 Å². The van der Waals surface area contributed by atoms with E-state index in [-0.39, 0.29) is 5.96 Å². The van der Waals surface area contributed by atoms with Crippen LogP contribution in [0.25, 0.3) is 11.1 Å². The maximum absolute atomic E-state index is 11.9. The Morgan fingerprint density at radius 2 is 1.76 bits per heavy atom. The average Bonchev–Trinajstić information content (AvgIpc) is 2.74. The second-order valence-corrected chi connectivity index (χ2v) is 8.39. The summed E-state index contributed by atoms with van der Waals surface area (Å²) >= 11 is 0. The van der Waals surface area contributed by atoms with Gasteiger partial charge < -0.3 is 15.8 Å². The highest BCUT2D eigenvalue weighted by Gasteiger charge is 2.16. The van der Waals surface area contributed by atoms with Gasteiger partial charge in [0.1, 0.15) is 11.7 Å². The Kier molecular flexibility index (Phi) is 6.94. The van der Waals surface area contributed by atoms with Gasteiger partial charge in [0.25, 0.3) is 0 Å². The van der Waals surface area contributed by atoms with Crippen molar-refractivity contribution in [3.05, 3.63) is 71.9 Å². The number of aliphatic imine (C=N–C) groups is 1. The summed E-state index contributed by atoms with van der Waals surface area (Å²) in [6.07, 6.45) is 1.19. The van der Waals surface area contributed by atoms with Crippen LogP contribution in [0.5, 0.6) is 0 Å². The summed E-state index contributed by atoms with van der Waals surface area (Å²) < 4.78 is 5.25. The Balaban J connectivity index is 1.67. The van der Waals surface area contributed by atoms with Gasteiger partial charge in [-0.05, 0) is 75.2 Å². The van der Waals surface area contributed by atoms with Crippen molar-refractivity contribution < 1.29 is 9.53 Å². The number of hydrogen-bond acceptors (Lipinski definition) is 5. The van der Waals surface area contributed by atoms with Crippen LogP contribution in [0.15, 0.2) is 65.8 Å². The van der Waals surface area contributed by atoms with E-state index >= 15 is 0 Å². The molecule has 0 radical (unpaired) electrons. The fourth-order valence-electron chi connectivity index (χ4n) is 2.94. The van der Waals surface area contributed by atoms with Crippen LogP contribution in [-0.4, -0.2) is 22.6 Å². The second kappa shape index (κ2) is 9.83. The minimum absolute atomic E-state index is 0.134. The fraction of sp³-hybridized carbons (Fsp3) is 0.200. The number of nitrogens with zero attached hydrogens (tertiary/aromatic N) is 3. The first-order valence-electron chi connectivity index (χ1n) is 10.3. The lowest BCUT2D eigenvalue weighted by Gasteiger charge is -2.19. The molecule has 0 spiro atoms. The maximum atomic E-state index is 11.9. The Morgan fingerprint density at radius 3 is 2.36 bits per heavy atom. The molecule has 1 heterocycles. The van der Waals surface area contributed by atoms with Crippen LogP contribution < -0.4 is 16.4 Å². The van der Waals surface area contributed by atoms with Crippen molar-refractivity contribution in [3.8, 4) is 17.2 Å². The summed E-state index contributed by atoms with van der Waals surface area (Å²) in [5, 5.41) is 14.9. The van der Waals surface area contributed by atoms with E-state index in [9.17, 15) is 10.1 Å². The van der Waals surface area contributed by atoms with Crippen LogP contribution in [0.3, 0.4) is 0 Å². The van der Waals surface area contributed by atoms with Crippen LogP contribution in [0.2, 0.25) is 0 Å². The van der Waals surface area contributed by atoms with Crippen molar-refractivity contribution in [1.82, 2.24) is 4.98 Å². The number of carbonyl (C=O) groups is 1. The molecule has 3 rings (SSSR count). The van der Waals surface area contributed by atoms with Gasteiger partial charge in [-0.2, -0.15) is 10.3 Å². The number of carbonyl (C=O) groups excluding carboxylic acids is 1. The van der Waals surface area contributed by atoms with Gasteiger partial charge in [0.15, 0.2) is 11.8 Å². The molecule has 0 saturated carbocycles. The smallest absolute Gasteiger partial charge is 0.412 e. The highest BCUT2D eigenvalue weighted by molar-refractivity contribution is 5.95. The quantitative estimate of drug-likeness (QED) is 0.370. The Labute approximate surface area is 193 Å². The second-order valence-electron chi connectivity index (χ2n) is 8.39. The number of nitrogens with two attached hydrogens (primary N) is 1. The number of hydrogen-bond donors (Lipinski definition) is 3. The van der Waals surface area contributed by atoms with E-state index in [1.165, 1.54) is 0 Å². The molecule has 0 aliphatic carbocycles. The lowest BCUT2D eigenvalue weighted by molar-refractivity contribution is 0.0636. The number of benzene rings is 2. The minimum Gasteiger partial charge on any atom is -0.444 e. The molecule has 0 atom stereocenters. The molecule has 0 fully saturated rings. The van der Waals surface area contributed by atoms with Crippen LogP contribution in [-0.2, 0) is 4.74 Å². The molecular weight excluding hydrogens is 416 g/mol. The summed E-state index contributed by atoms with van der Waals surface area (Å²) in [6.45, 7) is 7.37. The average molecular weight is 443 g/mol. The number of rotatable bonds is 4. The zero-order valence-electron chi connectivity index (χ0n) is 19.0. The van der Waals surface area contributed by atoms with Crippen LogP contribution >= 0.6 is 0 Å². The topological polar surface area (TPSA) is 125 Å². The number of aromatic nitrogens is 1. The molecule has 0 unspecified atom stereocenters. The Morgan fingerprint density at radius 1 is 1.06 bits per heavy atom. The highest BCUT2D eigenvalue weighted by Crippen LogP contribution is 2.23. The molecule has 0 bridgehead atoms. The first kappa shape index (κ1) is 23.3. The zero-order chi connectivity index (χ0) is 24.0. The van der Waals surface area contributed by atoms with Crippen LogP contribution in [0.1, 0.15) is 31.9 Å². The van der Waals surface area contributed by atoms with Gasteiger partial charge in [-0.3, -0.25) is 5.32 Å². The van der Waals surface area contributed by atoms with Crippen molar-refractivity contribution in [1.29, 1.82) is 5.26 Å². The monoisotopic (exact) mass is 442 g/mol. The number of anilines is 2. The predicted octanol–water partition coefficient (Wildman–Crippen LogP) is 5.33. The lowest BCUT2D eigenvalue weighted by atomic mass is 10.1. The van der Waals surface area contributed by atoms with Crippen LogP contribution in [0.4, 0.5) is 22.0 Å². The summed E-state index contributed by atoms with van der Waals surface area (Å²) in [5.41, 5.74) is 9.96. The number of pyridine rings is 1. The minimum atomic E-state index is -0.559. The van der Waals surface area contributed by atoms with E-state index in [2.05, 4.69) is 26.7 Å². The van der Waals surface area contributed by atoms with Crippen molar-refractivity contribution in [2.24, 2.45) is 10.7 Å². The molecule has 8 nitrogen and oxygen atoms in total. The molecule has 1 amide bonds. The molecule has 0 aliphatic rings. The third kappa shape index (κ3) is 6.80. The van der Waals surface area contributed by atoms with Crippen molar-refractivity contribution >= 4 is 29.2 Å². The van der Waals surface area contributed by atoms with E-state index in [1.807, 2.05) is 58.0 Å². The van der Waals surface area contributed by atoms with Gasteiger partial charge in [-0.1, -0.05) is 18.2 Å². The first-order valence-corrected chi connectivity index (χ1v) is 10.3. The van der Waals surface area contributed by atoms with E-state index < -0.39 is 11.7 Å². The summed E-state index contributed by atoms with van der Waals surface area (Å²) in [7, 11) is 0. The summed E-state index contributed by atoms with van der Waals surface area (Å²) in [5.74, 6) is 0.563. The number of amides is 1. The third-order valence-electron chi connectivity index (χ3n) is 4.40. The number of aryl methyl sites for hydroxylation is 1. The molecule has 8 heteroatoms. The molecule has 3 aromatic rings. The maximum Gasteiger partial charge on any atom is 0.412 e. The first-order chi connectivity index (χ1) is 15.6. The van der Waals surface area contributed by atoms with Crippen molar-refractivity contribution in [3.63, 3.8) is 0 Å². The number of nitrogens with one attached hydrogen (secondary N) is 2. The van der Waals surface area contributed by atoms with Gasteiger partial charge >= 0.3 is 6.09 Å². The molecule has 0 aliphatic heterocycles. The fourth-order valence-corrected chi connectivity index (χ4v) is 2.94. The standard InChI is InChI=1S/C25H26N6O2/c1-16-5-6-18(14-26)21(13-16)30-23(27)31-22-12-9-19(15-28-22)17-7-10-20(11-8-17)29-24(32)33-25(2,3)4/h5-13,15H,1-4H3,(H,29,32)(H3,27,28,30,31). The van der Waals surface area contributed by atoms with Crippen molar-refractivity contribution in [2.75, 3.05) is 10.6 Å². The van der Waals surface area contributed by atoms with Gasteiger partial charge in [0.2, 0.25) is 0 Å². The lowest BCUT2D eigenvalue weighted by Crippen LogP contribution is -2.27.